The number of aryl methyl sites for hydroxylation is 2. The highest BCUT2D eigenvalue weighted by Gasteiger charge is 2.10. The SMILES string of the molecule is CCc1cc(OCC=C(Cl)Cl)cc(C)c1OCCCCOC=CNOC(C)(C)C. The van der Waals surface area contributed by atoms with Gasteiger partial charge in [-0.05, 0) is 76.3 Å². The van der Waals surface area contributed by atoms with Crippen molar-refractivity contribution in [3.8, 4) is 11.5 Å². The van der Waals surface area contributed by atoms with E-state index in [1.165, 1.54) is 0 Å². The summed E-state index contributed by atoms with van der Waals surface area (Å²) in [6, 6.07) is 3.96. The number of unbranched alkanes of at least 4 members (excludes halogenated alkanes) is 1. The number of hydrogen-bond donors (Lipinski definition) is 1. The summed E-state index contributed by atoms with van der Waals surface area (Å²) in [6.07, 6.45) is 7.50. The monoisotopic (exact) mass is 445 g/mol. The van der Waals surface area contributed by atoms with Crippen molar-refractivity contribution in [3.05, 3.63) is 46.3 Å². The van der Waals surface area contributed by atoms with Gasteiger partial charge in [-0.1, -0.05) is 30.1 Å². The van der Waals surface area contributed by atoms with Crippen LogP contribution in [0.25, 0.3) is 0 Å². The van der Waals surface area contributed by atoms with Crippen molar-refractivity contribution in [2.45, 2.75) is 59.5 Å². The van der Waals surface area contributed by atoms with Crippen LogP contribution in [0.15, 0.2) is 35.2 Å². The molecule has 0 aromatic heterocycles. The van der Waals surface area contributed by atoms with Crippen LogP contribution in [0, 0.1) is 6.92 Å². The van der Waals surface area contributed by atoms with Gasteiger partial charge in [0.15, 0.2) is 0 Å². The maximum atomic E-state index is 6.02. The first-order valence-electron chi connectivity index (χ1n) is 9.83. The third-order valence-corrected chi connectivity index (χ3v) is 4.00. The molecule has 1 aromatic rings. The topological polar surface area (TPSA) is 49.0 Å². The van der Waals surface area contributed by atoms with Crippen LogP contribution in [0.4, 0.5) is 0 Å². The summed E-state index contributed by atoms with van der Waals surface area (Å²) in [6.45, 7) is 11.6. The van der Waals surface area contributed by atoms with Crippen molar-refractivity contribution in [1.82, 2.24) is 5.48 Å². The number of halogens is 2. The molecule has 29 heavy (non-hydrogen) atoms. The Morgan fingerprint density at radius 3 is 2.48 bits per heavy atom. The Bertz CT molecular complexity index is 666. The first kappa shape index (κ1) is 25.5. The van der Waals surface area contributed by atoms with Crippen molar-refractivity contribution in [3.63, 3.8) is 0 Å². The van der Waals surface area contributed by atoms with E-state index in [1.54, 1.807) is 18.5 Å². The zero-order chi connectivity index (χ0) is 21.7. The van der Waals surface area contributed by atoms with Gasteiger partial charge in [-0.3, -0.25) is 10.3 Å². The van der Waals surface area contributed by atoms with Gasteiger partial charge in [-0.15, -0.1) is 0 Å². The highest BCUT2D eigenvalue weighted by Crippen LogP contribution is 2.30. The highest BCUT2D eigenvalue weighted by molar-refractivity contribution is 6.55. The van der Waals surface area contributed by atoms with E-state index < -0.39 is 0 Å². The standard InChI is InChI=1S/C22H33Cl2NO4/c1-6-18-16-19(27-13-9-20(23)24)15-17(2)21(18)28-12-8-7-11-26-14-10-25-29-22(3,4)5/h9-10,14-16,25H,6-8,11-13H2,1-5H3. The maximum absolute atomic E-state index is 6.02. The molecule has 0 saturated carbocycles. The van der Waals surface area contributed by atoms with Crippen LogP contribution in [0.2, 0.25) is 0 Å². The lowest BCUT2D eigenvalue weighted by molar-refractivity contribution is -0.0531. The Morgan fingerprint density at radius 2 is 1.83 bits per heavy atom. The van der Waals surface area contributed by atoms with E-state index in [0.717, 1.165) is 41.9 Å². The summed E-state index contributed by atoms with van der Waals surface area (Å²) < 4.78 is 17.3. The molecule has 1 rings (SSSR count). The minimum Gasteiger partial charge on any atom is -0.500 e. The molecule has 1 aromatic carbocycles. The average molecular weight is 446 g/mol. The summed E-state index contributed by atoms with van der Waals surface area (Å²) in [7, 11) is 0. The molecule has 0 fully saturated rings. The smallest absolute Gasteiger partial charge is 0.125 e. The summed E-state index contributed by atoms with van der Waals surface area (Å²) in [5.74, 6) is 1.71. The van der Waals surface area contributed by atoms with E-state index in [1.807, 2.05) is 39.8 Å². The molecule has 0 unspecified atom stereocenters. The van der Waals surface area contributed by atoms with Crippen LogP contribution in [-0.4, -0.2) is 25.4 Å². The van der Waals surface area contributed by atoms with Gasteiger partial charge in [-0.2, -0.15) is 0 Å². The largest absolute Gasteiger partial charge is 0.500 e. The van der Waals surface area contributed by atoms with E-state index in [4.69, 9.17) is 42.3 Å². The van der Waals surface area contributed by atoms with Crippen molar-refractivity contribution in [2.75, 3.05) is 19.8 Å². The fourth-order valence-corrected chi connectivity index (χ4v) is 2.51. The maximum Gasteiger partial charge on any atom is 0.125 e. The van der Waals surface area contributed by atoms with Crippen molar-refractivity contribution < 1.29 is 19.0 Å². The molecule has 0 radical (unpaired) electrons. The second-order valence-electron chi connectivity index (χ2n) is 7.45. The van der Waals surface area contributed by atoms with Gasteiger partial charge in [0, 0.05) is 0 Å². The molecule has 0 bridgehead atoms. The first-order chi connectivity index (χ1) is 13.7. The van der Waals surface area contributed by atoms with E-state index in [0.29, 0.717) is 19.8 Å². The predicted octanol–water partition coefficient (Wildman–Crippen LogP) is 6.22. The van der Waals surface area contributed by atoms with Crippen molar-refractivity contribution in [2.24, 2.45) is 0 Å². The van der Waals surface area contributed by atoms with Crippen LogP contribution in [-0.2, 0) is 16.0 Å². The quantitative estimate of drug-likeness (QED) is 0.221. The molecule has 0 saturated heterocycles. The Balaban J connectivity index is 2.35. The number of hydrogen-bond acceptors (Lipinski definition) is 5. The second-order valence-corrected chi connectivity index (χ2v) is 8.46. The lowest BCUT2D eigenvalue weighted by atomic mass is 10.1. The molecule has 0 heterocycles. The van der Waals surface area contributed by atoms with Crippen LogP contribution in [0.3, 0.4) is 0 Å². The van der Waals surface area contributed by atoms with Crippen LogP contribution < -0.4 is 15.0 Å². The summed E-state index contributed by atoms with van der Waals surface area (Å²) >= 11 is 11.2. The fraction of sp³-hybridized carbons (Fsp3) is 0.545. The summed E-state index contributed by atoms with van der Waals surface area (Å²) in [5, 5.41) is 0. The molecule has 0 aliphatic carbocycles. The highest BCUT2D eigenvalue weighted by atomic mass is 35.5. The number of benzene rings is 1. The molecule has 7 heteroatoms. The van der Waals surface area contributed by atoms with Crippen LogP contribution in [0.5, 0.6) is 11.5 Å². The molecule has 0 aliphatic heterocycles. The molecular formula is C22H33Cl2NO4. The van der Waals surface area contributed by atoms with Gasteiger partial charge < -0.3 is 14.2 Å². The average Bonchev–Trinajstić information content (AvgIpc) is 2.63. The van der Waals surface area contributed by atoms with Crippen LogP contribution in [0.1, 0.15) is 51.7 Å². The molecule has 0 atom stereocenters. The molecule has 0 aliphatic rings. The fourth-order valence-electron chi connectivity index (χ4n) is 2.38. The Hall–Kier alpha value is -1.56. The summed E-state index contributed by atoms with van der Waals surface area (Å²) in [5.41, 5.74) is 4.66. The first-order valence-corrected chi connectivity index (χ1v) is 10.6. The molecule has 5 nitrogen and oxygen atoms in total. The molecular weight excluding hydrogens is 413 g/mol. The normalized spacial score (nSPS) is 11.4. The summed E-state index contributed by atoms with van der Waals surface area (Å²) in [4.78, 5) is 5.34. The van der Waals surface area contributed by atoms with Gasteiger partial charge in [0.2, 0.25) is 0 Å². The third kappa shape index (κ3) is 11.9. The third-order valence-electron chi connectivity index (χ3n) is 3.69. The van der Waals surface area contributed by atoms with Crippen molar-refractivity contribution >= 4 is 23.2 Å². The molecule has 0 amide bonds. The number of rotatable bonds is 13. The van der Waals surface area contributed by atoms with Gasteiger partial charge >= 0.3 is 0 Å². The Labute approximate surface area is 184 Å². The van der Waals surface area contributed by atoms with Gasteiger partial charge in [0.25, 0.3) is 0 Å². The van der Waals surface area contributed by atoms with E-state index in [-0.39, 0.29) is 10.1 Å². The zero-order valence-corrected chi connectivity index (χ0v) is 19.5. The lowest BCUT2D eigenvalue weighted by Gasteiger charge is -2.17. The lowest BCUT2D eigenvalue weighted by Crippen LogP contribution is -2.25. The van der Waals surface area contributed by atoms with E-state index >= 15 is 0 Å². The van der Waals surface area contributed by atoms with E-state index in [2.05, 4.69) is 12.4 Å². The van der Waals surface area contributed by atoms with Gasteiger partial charge in [0.1, 0.15) is 28.9 Å². The van der Waals surface area contributed by atoms with Gasteiger partial charge in [-0.25, -0.2) is 0 Å². The van der Waals surface area contributed by atoms with Crippen LogP contribution >= 0.6 is 23.2 Å². The minimum atomic E-state index is -0.240. The van der Waals surface area contributed by atoms with E-state index in [9.17, 15) is 0 Å². The Kier molecular flexibility index (Phi) is 12.0. The predicted molar refractivity (Wildman–Crippen MR) is 120 cm³/mol. The molecule has 0 spiro atoms. The second kappa shape index (κ2) is 13.6. The van der Waals surface area contributed by atoms with Crippen molar-refractivity contribution in [1.29, 1.82) is 0 Å². The number of ether oxygens (including phenoxy) is 3. The molecule has 164 valence electrons. The minimum absolute atomic E-state index is 0.200. The zero-order valence-electron chi connectivity index (χ0n) is 18.0. The van der Waals surface area contributed by atoms with Gasteiger partial charge in [0.05, 0.1) is 25.0 Å². The number of nitrogens with one attached hydrogen (secondary N) is 1. The number of hydroxylamine groups is 1. The Morgan fingerprint density at radius 1 is 1.10 bits per heavy atom. The molecule has 1 N–H and O–H groups in total.